The fourth-order valence-corrected chi connectivity index (χ4v) is 4.26. The second-order valence-corrected chi connectivity index (χ2v) is 8.08. The first kappa shape index (κ1) is 22.6. The fraction of sp³-hybridized carbons (Fsp3) is 0.240. The molecule has 8 heteroatoms. The van der Waals surface area contributed by atoms with Gasteiger partial charge in [0, 0.05) is 23.9 Å². The number of nitrogens with one attached hydrogen (secondary N) is 1. The maximum atomic E-state index is 13.4. The Balaban J connectivity index is 1.76. The molecule has 1 aromatic heterocycles. The van der Waals surface area contributed by atoms with E-state index in [1.165, 1.54) is 6.20 Å². The van der Waals surface area contributed by atoms with Crippen molar-refractivity contribution in [2.45, 2.75) is 18.9 Å². The van der Waals surface area contributed by atoms with Crippen LogP contribution in [0.15, 0.2) is 66.9 Å². The van der Waals surface area contributed by atoms with Crippen molar-refractivity contribution in [3.8, 4) is 11.5 Å². The molecule has 2 heterocycles. The Morgan fingerprint density at radius 2 is 1.82 bits per heavy atom. The molecule has 7 nitrogen and oxygen atoms in total. The summed E-state index contributed by atoms with van der Waals surface area (Å²) in [4.78, 5) is 32.5. The molecule has 4 rings (SSSR count). The number of anilines is 2. The first-order valence-corrected chi connectivity index (χ1v) is 10.9. The highest BCUT2D eigenvalue weighted by Crippen LogP contribution is 2.43. The standard InChI is InChI=1S/C25H24ClN3O4/c1-32-18-10-8-17(9-11-18)29-23(30)14-12-20(24(29)19-5-3-4-6-21(19)33-2)25(31)28-22-13-7-16(26)15-27-22/h3-11,13,15,20,24H,12,14H2,1-2H3,(H,27,28,31). The van der Waals surface area contributed by atoms with Crippen molar-refractivity contribution in [2.75, 3.05) is 24.4 Å². The van der Waals surface area contributed by atoms with Crippen LogP contribution >= 0.6 is 11.6 Å². The van der Waals surface area contributed by atoms with E-state index < -0.39 is 12.0 Å². The monoisotopic (exact) mass is 465 g/mol. The van der Waals surface area contributed by atoms with Gasteiger partial charge in [0.05, 0.1) is 31.2 Å². The van der Waals surface area contributed by atoms with Crippen LogP contribution in [0.1, 0.15) is 24.4 Å². The number of rotatable bonds is 6. The Hall–Kier alpha value is -3.58. The topological polar surface area (TPSA) is 80.8 Å². The van der Waals surface area contributed by atoms with Crippen LogP contribution < -0.4 is 19.7 Å². The van der Waals surface area contributed by atoms with E-state index in [1.54, 1.807) is 43.4 Å². The molecular weight excluding hydrogens is 442 g/mol. The van der Waals surface area contributed by atoms with E-state index in [4.69, 9.17) is 21.1 Å². The van der Waals surface area contributed by atoms with Crippen molar-refractivity contribution < 1.29 is 19.1 Å². The average Bonchev–Trinajstić information content (AvgIpc) is 2.85. The molecule has 3 aromatic rings. The Labute approximate surface area is 197 Å². The summed E-state index contributed by atoms with van der Waals surface area (Å²) >= 11 is 5.92. The minimum atomic E-state index is -0.567. The van der Waals surface area contributed by atoms with Crippen molar-refractivity contribution in [2.24, 2.45) is 5.92 Å². The molecule has 0 saturated carbocycles. The lowest BCUT2D eigenvalue weighted by Crippen LogP contribution is -2.47. The summed E-state index contributed by atoms with van der Waals surface area (Å²) in [6, 6.07) is 17.4. The summed E-state index contributed by atoms with van der Waals surface area (Å²) in [5.41, 5.74) is 1.44. The van der Waals surface area contributed by atoms with Crippen LogP contribution in [0.25, 0.3) is 0 Å². The van der Waals surface area contributed by atoms with Crippen LogP contribution in [0.4, 0.5) is 11.5 Å². The van der Waals surface area contributed by atoms with Gasteiger partial charge in [0.1, 0.15) is 17.3 Å². The van der Waals surface area contributed by atoms with Crippen LogP contribution in [-0.4, -0.2) is 31.0 Å². The van der Waals surface area contributed by atoms with Crippen LogP contribution in [-0.2, 0) is 9.59 Å². The highest BCUT2D eigenvalue weighted by Gasteiger charge is 2.42. The number of hydrogen-bond acceptors (Lipinski definition) is 5. The summed E-state index contributed by atoms with van der Waals surface area (Å²) in [6.45, 7) is 0. The van der Waals surface area contributed by atoms with Gasteiger partial charge < -0.3 is 19.7 Å². The van der Waals surface area contributed by atoms with E-state index in [-0.39, 0.29) is 18.2 Å². The number of aromatic nitrogens is 1. The van der Waals surface area contributed by atoms with Gasteiger partial charge in [-0.25, -0.2) is 4.98 Å². The van der Waals surface area contributed by atoms with E-state index in [0.29, 0.717) is 34.4 Å². The molecule has 0 spiro atoms. The van der Waals surface area contributed by atoms with E-state index in [9.17, 15) is 9.59 Å². The van der Waals surface area contributed by atoms with Crippen molar-refractivity contribution in [1.29, 1.82) is 0 Å². The van der Waals surface area contributed by atoms with E-state index in [1.807, 2.05) is 36.4 Å². The third kappa shape index (κ3) is 4.78. The number of carbonyl (C=O) groups is 2. The van der Waals surface area contributed by atoms with Gasteiger partial charge in [-0.2, -0.15) is 0 Å². The number of para-hydroxylation sites is 1. The number of pyridine rings is 1. The van der Waals surface area contributed by atoms with Crippen molar-refractivity contribution in [1.82, 2.24) is 4.98 Å². The van der Waals surface area contributed by atoms with E-state index in [2.05, 4.69) is 10.3 Å². The number of ether oxygens (including phenoxy) is 2. The minimum Gasteiger partial charge on any atom is -0.497 e. The number of amides is 2. The summed E-state index contributed by atoms with van der Waals surface area (Å²) in [5.74, 6) is 0.865. The summed E-state index contributed by atoms with van der Waals surface area (Å²) in [7, 11) is 3.16. The molecule has 1 aliphatic heterocycles. The molecule has 0 aliphatic carbocycles. The summed E-state index contributed by atoms with van der Waals surface area (Å²) in [6.07, 6.45) is 2.11. The number of piperidine rings is 1. The molecule has 2 atom stereocenters. The predicted octanol–water partition coefficient (Wildman–Crippen LogP) is 4.88. The molecule has 1 saturated heterocycles. The zero-order valence-electron chi connectivity index (χ0n) is 18.3. The third-order valence-corrected chi connectivity index (χ3v) is 5.94. The quantitative estimate of drug-likeness (QED) is 0.561. The number of hydrogen-bond donors (Lipinski definition) is 1. The second kappa shape index (κ2) is 9.92. The fourth-order valence-electron chi connectivity index (χ4n) is 4.15. The molecule has 1 fully saturated rings. The van der Waals surface area contributed by atoms with E-state index in [0.717, 1.165) is 5.56 Å². The Bertz CT molecular complexity index is 1140. The number of methoxy groups -OCH3 is 2. The van der Waals surface area contributed by atoms with Gasteiger partial charge in [0.25, 0.3) is 0 Å². The highest BCUT2D eigenvalue weighted by atomic mass is 35.5. The largest absolute Gasteiger partial charge is 0.497 e. The summed E-state index contributed by atoms with van der Waals surface area (Å²) in [5, 5.41) is 3.35. The number of nitrogens with zero attached hydrogens (tertiary/aromatic N) is 2. The second-order valence-electron chi connectivity index (χ2n) is 7.64. The Morgan fingerprint density at radius 1 is 1.06 bits per heavy atom. The summed E-state index contributed by atoms with van der Waals surface area (Å²) < 4.78 is 10.9. The van der Waals surface area contributed by atoms with Crippen molar-refractivity contribution in [3.63, 3.8) is 0 Å². The predicted molar refractivity (Wildman–Crippen MR) is 127 cm³/mol. The molecule has 1 N–H and O–H groups in total. The molecule has 170 valence electrons. The number of benzene rings is 2. The molecule has 0 radical (unpaired) electrons. The minimum absolute atomic E-state index is 0.0651. The first-order valence-electron chi connectivity index (χ1n) is 10.5. The van der Waals surface area contributed by atoms with Crippen LogP contribution in [0.2, 0.25) is 5.02 Å². The molecule has 2 aromatic carbocycles. The maximum absolute atomic E-state index is 13.4. The average molecular weight is 466 g/mol. The number of halogens is 1. The lowest BCUT2D eigenvalue weighted by atomic mass is 9.82. The van der Waals surface area contributed by atoms with Gasteiger partial charge in [0.15, 0.2) is 0 Å². The molecule has 2 amide bonds. The normalized spacial score (nSPS) is 18.0. The molecule has 2 unspecified atom stereocenters. The SMILES string of the molecule is COc1ccc(N2C(=O)CCC(C(=O)Nc3ccc(Cl)cn3)C2c2ccccc2OC)cc1. The highest BCUT2D eigenvalue weighted by molar-refractivity contribution is 6.30. The lowest BCUT2D eigenvalue weighted by molar-refractivity contribution is -0.126. The van der Waals surface area contributed by atoms with Gasteiger partial charge in [-0.05, 0) is 48.9 Å². The molecule has 1 aliphatic rings. The van der Waals surface area contributed by atoms with Gasteiger partial charge >= 0.3 is 0 Å². The van der Waals surface area contributed by atoms with Crippen molar-refractivity contribution >= 4 is 34.9 Å². The van der Waals surface area contributed by atoms with Gasteiger partial charge in [-0.1, -0.05) is 29.8 Å². The molecule has 33 heavy (non-hydrogen) atoms. The maximum Gasteiger partial charge on any atom is 0.231 e. The first-order chi connectivity index (χ1) is 16.0. The molecular formula is C25H24ClN3O4. The third-order valence-electron chi connectivity index (χ3n) is 5.72. The van der Waals surface area contributed by atoms with Crippen molar-refractivity contribution in [3.05, 3.63) is 77.4 Å². The smallest absolute Gasteiger partial charge is 0.231 e. The Kier molecular flexibility index (Phi) is 6.79. The zero-order valence-corrected chi connectivity index (χ0v) is 19.1. The zero-order chi connectivity index (χ0) is 23.4. The van der Waals surface area contributed by atoms with Crippen LogP contribution in [0.3, 0.4) is 0 Å². The lowest BCUT2D eigenvalue weighted by Gasteiger charge is -2.41. The van der Waals surface area contributed by atoms with Gasteiger partial charge in [0.2, 0.25) is 11.8 Å². The van der Waals surface area contributed by atoms with E-state index >= 15 is 0 Å². The number of carbonyl (C=O) groups excluding carboxylic acids is 2. The van der Waals surface area contributed by atoms with Crippen LogP contribution in [0, 0.1) is 5.92 Å². The Morgan fingerprint density at radius 3 is 2.48 bits per heavy atom. The molecule has 0 bridgehead atoms. The van der Waals surface area contributed by atoms with Gasteiger partial charge in [-0.15, -0.1) is 0 Å². The van der Waals surface area contributed by atoms with Gasteiger partial charge in [-0.3, -0.25) is 9.59 Å². The van der Waals surface area contributed by atoms with Crippen LogP contribution in [0.5, 0.6) is 11.5 Å².